The molecular formula is C16H19ClS. The predicted octanol–water partition coefficient (Wildman–Crippen LogP) is 5.51. The lowest BCUT2D eigenvalue weighted by molar-refractivity contribution is 1.01. The molecule has 0 N–H and O–H groups in total. The molecule has 0 saturated heterocycles. The van der Waals surface area contributed by atoms with Gasteiger partial charge in [-0.2, -0.15) is 11.3 Å². The minimum Gasteiger partial charge on any atom is -0.152 e. The third kappa shape index (κ3) is 2.62. The van der Waals surface area contributed by atoms with Crippen LogP contribution in [-0.4, -0.2) is 0 Å². The van der Waals surface area contributed by atoms with E-state index in [0.717, 1.165) is 12.8 Å². The highest BCUT2D eigenvalue weighted by Gasteiger charge is 2.17. The summed E-state index contributed by atoms with van der Waals surface area (Å²) in [5.41, 5.74) is 6.55. The van der Waals surface area contributed by atoms with Gasteiger partial charge in [0, 0.05) is 0 Å². The van der Waals surface area contributed by atoms with Gasteiger partial charge in [-0.1, -0.05) is 32.0 Å². The molecule has 0 radical (unpaired) electrons. The van der Waals surface area contributed by atoms with Crippen LogP contribution >= 0.6 is 22.9 Å². The van der Waals surface area contributed by atoms with Crippen molar-refractivity contribution in [2.75, 3.05) is 0 Å². The Hall–Kier alpha value is -0.790. The lowest BCUT2D eigenvalue weighted by atomic mass is 9.95. The van der Waals surface area contributed by atoms with Crippen LogP contribution in [0.4, 0.5) is 0 Å². The standard InChI is InChI=1S/C16H19ClS/c1-4-12-6-7-13(5-2)14(8-12)16(17)15-10-18-9-11(15)3/h6-10,16H,4-5H2,1-3H3. The summed E-state index contributed by atoms with van der Waals surface area (Å²) in [5, 5.41) is 4.32. The van der Waals surface area contributed by atoms with E-state index in [-0.39, 0.29) is 5.38 Å². The van der Waals surface area contributed by atoms with E-state index < -0.39 is 0 Å². The first-order valence-corrected chi connectivity index (χ1v) is 7.83. The van der Waals surface area contributed by atoms with E-state index >= 15 is 0 Å². The summed E-state index contributed by atoms with van der Waals surface area (Å²) in [4.78, 5) is 0. The highest BCUT2D eigenvalue weighted by Crippen LogP contribution is 2.35. The lowest BCUT2D eigenvalue weighted by Crippen LogP contribution is -2.00. The summed E-state index contributed by atoms with van der Waals surface area (Å²) in [6.45, 7) is 6.51. The fourth-order valence-electron chi connectivity index (χ4n) is 2.22. The Morgan fingerprint density at radius 3 is 2.44 bits per heavy atom. The second-order valence-electron chi connectivity index (χ2n) is 4.61. The van der Waals surface area contributed by atoms with Crippen LogP contribution in [0, 0.1) is 6.92 Å². The third-order valence-corrected chi connectivity index (χ3v) is 4.79. The Morgan fingerprint density at radius 1 is 1.11 bits per heavy atom. The lowest BCUT2D eigenvalue weighted by Gasteiger charge is -2.15. The van der Waals surface area contributed by atoms with Crippen molar-refractivity contribution in [3.8, 4) is 0 Å². The quantitative estimate of drug-likeness (QED) is 0.647. The molecule has 0 amide bonds. The molecule has 0 bridgehead atoms. The van der Waals surface area contributed by atoms with E-state index in [9.17, 15) is 0 Å². The Kier molecular flexibility index (Phi) is 4.47. The number of aryl methyl sites for hydroxylation is 3. The number of thiophene rings is 1. The Bertz CT molecular complexity index is 528. The van der Waals surface area contributed by atoms with E-state index in [1.165, 1.54) is 27.8 Å². The molecule has 1 aromatic heterocycles. The number of alkyl halides is 1. The fraction of sp³-hybridized carbons (Fsp3) is 0.375. The van der Waals surface area contributed by atoms with Crippen LogP contribution < -0.4 is 0 Å². The van der Waals surface area contributed by atoms with Gasteiger partial charge in [0.1, 0.15) is 0 Å². The monoisotopic (exact) mass is 278 g/mol. The Morgan fingerprint density at radius 2 is 1.89 bits per heavy atom. The largest absolute Gasteiger partial charge is 0.152 e. The normalized spacial score (nSPS) is 12.7. The van der Waals surface area contributed by atoms with Crippen molar-refractivity contribution in [3.05, 3.63) is 56.8 Å². The molecule has 0 fully saturated rings. The number of hydrogen-bond acceptors (Lipinski definition) is 1. The molecule has 0 aliphatic heterocycles. The molecule has 2 rings (SSSR count). The molecule has 0 nitrogen and oxygen atoms in total. The maximum Gasteiger partial charge on any atom is 0.0848 e. The summed E-state index contributed by atoms with van der Waals surface area (Å²) >= 11 is 8.43. The second kappa shape index (κ2) is 5.90. The summed E-state index contributed by atoms with van der Waals surface area (Å²) in [7, 11) is 0. The maximum atomic E-state index is 6.70. The van der Waals surface area contributed by atoms with E-state index in [2.05, 4.69) is 49.7 Å². The number of hydrogen-bond donors (Lipinski definition) is 0. The van der Waals surface area contributed by atoms with Crippen molar-refractivity contribution >= 4 is 22.9 Å². The van der Waals surface area contributed by atoms with Gasteiger partial charge in [-0.25, -0.2) is 0 Å². The molecular weight excluding hydrogens is 260 g/mol. The summed E-state index contributed by atoms with van der Waals surface area (Å²) in [5.74, 6) is 0. The van der Waals surface area contributed by atoms with E-state index in [0.29, 0.717) is 0 Å². The van der Waals surface area contributed by atoms with Gasteiger partial charge in [-0.15, -0.1) is 11.6 Å². The predicted molar refractivity (Wildman–Crippen MR) is 82.0 cm³/mol. The van der Waals surface area contributed by atoms with Gasteiger partial charge in [0.2, 0.25) is 0 Å². The maximum absolute atomic E-state index is 6.70. The molecule has 1 unspecified atom stereocenters. The molecule has 0 aliphatic rings. The zero-order valence-electron chi connectivity index (χ0n) is 11.2. The first kappa shape index (κ1) is 13.6. The van der Waals surface area contributed by atoms with Crippen LogP contribution in [0.1, 0.15) is 47.0 Å². The minimum atomic E-state index is -0.0160. The molecule has 0 spiro atoms. The van der Waals surface area contributed by atoms with Gasteiger partial charge in [0.15, 0.2) is 0 Å². The van der Waals surface area contributed by atoms with Crippen LogP contribution in [-0.2, 0) is 12.8 Å². The number of halogens is 1. The van der Waals surface area contributed by atoms with Gasteiger partial charge < -0.3 is 0 Å². The van der Waals surface area contributed by atoms with Gasteiger partial charge in [0.25, 0.3) is 0 Å². The molecule has 18 heavy (non-hydrogen) atoms. The molecule has 0 aliphatic carbocycles. The molecule has 1 aromatic carbocycles. The van der Waals surface area contributed by atoms with Crippen molar-refractivity contribution in [1.29, 1.82) is 0 Å². The van der Waals surface area contributed by atoms with Crippen LogP contribution in [0.15, 0.2) is 29.0 Å². The van der Waals surface area contributed by atoms with Crippen molar-refractivity contribution in [2.45, 2.75) is 39.0 Å². The number of rotatable bonds is 4. The average Bonchev–Trinajstić information content (AvgIpc) is 2.83. The van der Waals surface area contributed by atoms with Gasteiger partial charge in [-0.3, -0.25) is 0 Å². The van der Waals surface area contributed by atoms with Crippen molar-refractivity contribution < 1.29 is 0 Å². The van der Waals surface area contributed by atoms with Gasteiger partial charge in [-0.05, 0) is 58.3 Å². The van der Waals surface area contributed by atoms with E-state index in [1.54, 1.807) is 11.3 Å². The van der Waals surface area contributed by atoms with Crippen LogP contribution in [0.3, 0.4) is 0 Å². The van der Waals surface area contributed by atoms with E-state index in [4.69, 9.17) is 11.6 Å². The van der Waals surface area contributed by atoms with Crippen LogP contribution in [0.2, 0.25) is 0 Å². The minimum absolute atomic E-state index is 0.0160. The van der Waals surface area contributed by atoms with Crippen molar-refractivity contribution in [2.24, 2.45) is 0 Å². The SMILES string of the molecule is CCc1ccc(CC)c(C(Cl)c2cscc2C)c1. The second-order valence-corrected chi connectivity index (χ2v) is 5.79. The van der Waals surface area contributed by atoms with Crippen LogP contribution in [0.5, 0.6) is 0 Å². The number of benzene rings is 1. The highest BCUT2D eigenvalue weighted by atomic mass is 35.5. The topological polar surface area (TPSA) is 0 Å². The van der Waals surface area contributed by atoms with Crippen molar-refractivity contribution in [3.63, 3.8) is 0 Å². The van der Waals surface area contributed by atoms with Crippen LogP contribution in [0.25, 0.3) is 0 Å². The van der Waals surface area contributed by atoms with Gasteiger partial charge in [0.05, 0.1) is 5.38 Å². The Balaban J connectivity index is 2.45. The van der Waals surface area contributed by atoms with Gasteiger partial charge >= 0.3 is 0 Å². The first-order chi connectivity index (χ1) is 8.67. The van der Waals surface area contributed by atoms with E-state index in [1.807, 2.05) is 0 Å². The summed E-state index contributed by atoms with van der Waals surface area (Å²) in [6.07, 6.45) is 2.09. The smallest absolute Gasteiger partial charge is 0.0848 e. The zero-order valence-corrected chi connectivity index (χ0v) is 12.7. The molecule has 1 heterocycles. The highest BCUT2D eigenvalue weighted by molar-refractivity contribution is 7.08. The molecule has 2 aromatic rings. The fourth-order valence-corrected chi connectivity index (χ4v) is 3.61. The Labute approximate surface area is 119 Å². The molecule has 96 valence electrons. The molecule has 2 heteroatoms. The summed E-state index contributed by atoms with van der Waals surface area (Å²) in [6, 6.07) is 6.71. The molecule has 1 atom stereocenters. The third-order valence-electron chi connectivity index (χ3n) is 3.44. The average molecular weight is 279 g/mol. The van der Waals surface area contributed by atoms with Crippen molar-refractivity contribution in [1.82, 2.24) is 0 Å². The summed E-state index contributed by atoms with van der Waals surface area (Å²) < 4.78 is 0. The zero-order chi connectivity index (χ0) is 13.1. The first-order valence-electron chi connectivity index (χ1n) is 6.45. The molecule has 0 saturated carbocycles.